The second kappa shape index (κ2) is 5.84. The van der Waals surface area contributed by atoms with Crippen LogP contribution in [-0.4, -0.2) is 22.2 Å². The highest BCUT2D eigenvalue weighted by molar-refractivity contribution is 7.98. The van der Waals surface area contributed by atoms with Crippen LogP contribution in [0.25, 0.3) is 11.5 Å². The molecule has 5 heteroatoms. The van der Waals surface area contributed by atoms with Crippen molar-refractivity contribution in [3.05, 3.63) is 36.2 Å². The van der Waals surface area contributed by atoms with Gasteiger partial charge in [-0.3, -0.25) is 0 Å². The standard InChI is InChI=1S/C12H15N3OS/c1-17-8-7-10(13)12-15-14-11(16-12)9-5-3-2-4-6-9/h2-6,10H,7-8,13H2,1H3/t10-/m1/s1. The molecule has 0 amide bonds. The topological polar surface area (TPSA) is 64.9 Å². The van der Waals surface area contributed by atoms with Crippen LogP contribution in [-0.2, 0) is 0 Å². The lowest BCUT2D eigenvalue weighted by Gasteiger charge is -2.04. The average molecular weight is 249 g/mol. The molecule has 4 nitrogen and oxygen atoms in total. The fraction of sp³-hybridized carbons (Fsp3) is 0.333. The monoisotopic (exact) mass is 249 g/mol. The molecule has 0 bridgehead atoms. The van der Waals surface area contributed by atoms with Gasteiger partial charge in [0.05, 0.1) is 6.04 Å². The summed E-state index contributed by atoms with van der Waals surface area (Å²) in [5, 5.41) is 8.01. The van der Waals surface area contributed by atoms with Gasteiger partial charge in [-0.2, -0.15) is 11.8 Å². The minimum absolute atomic E-state index is 0.174. The van der Waals surface area contributed by atoms with Gasteiger partial charge in [-0.15, -0.1) is 10.2 Å². The number of hydrogen-bond acceptors (Lipinski definition) is 5. The second-order valence-electron chi connectivity index (χ2n) is 3.70. The fourth-order valence-corrected chi connectivity index (χ4v) is 1.94. The Bertz CT molecular complexity index is 458. The Morgan fingerprint density at radius 2 is 2.06 bits per heavy atom. The van der Waals surface area contributed by atoms with Crippen molar-refractivity contribution in [1.29, 1.82) is 0 Å². The van der Waals surface area contributed by atoms with E-state index in [4.69, 9.17) is 10.2 Å². The molecule has 0 spiro atoms. The molecule has 0 aliphatic carbocycles. The lowest BCUT2D eigenvalue weighted by Crippen LogP contribution is -2.11. The lowest BCUT2D eigenvalue weighted by molar-refractivity contribution is 0.454. The first-order chi connectivity index (χ1) is 8.31. The van der Waals surface area contributed by atoms with Crippen molar-refractivity contribution in [1.82, 2.24) is 10.2 Å². The minimum Gasteiger partial charge on any atom is -0.419 e. The second-order valence-corrected chi connectivity index (χ2v) is 4.69. The molecular weight excluding hydrogens is 234 g/mol. The van der Waals surface area contributed by atoms with E-state index in [2.05, 4.69) is 16.5 Å². The average Bonchev–Trinajstić information content (AvgIpc) is 2.86. The van der Waals surface area contributed by atoms with Crippen molar-refractivity contribution in [3.8, 4) is 11.5 Å². The smallest absolute Gasteiger partial charge is 0.247 e. The van der Waals surface area contributed by atoms with E-state index in [9.17, 15) is 0 Å². The molecule has 0 fully saturated rings. The molecule has 0 unspecified atom stereocenters. The van der Waals surface area contributed by atoms with E-state index in [0.717, 1.165) is 17.7 Å². The van der Waals surface area contributed by atoms with Crippen molar-refractivity contribution in [3.63, 3.8) is 0 Å². The molecule has 1 aromatic heterocycles. The van der Waals surface area contributed by atoms with E-state index in [1.807, 2.05) is 30.3 Å². The summed E-state index contributed by atoms with van der Waals surface area (Å²) in [7, 11) is 0. The van der Waals surface area contributed by atoms with Crippen LogP contribution in [0.1, 0.15) is 18.4 Å². The SMILES string of the molecule is CSCC[C@@H](N)c1nnc(-c2ccccc2)o1. The Labute approximate surface area is 105 Å². The first-order valence-electron chi connectivity index (χ1n) is 5.44. The summed E-state index contributed by atoms with van der Waals surface area (Å²) >= 11 is 1.76. The minimum atomic E-state index is -0.174. The van der Waals surface area contributed by atoms with Gasteiger partial charge in [0.2, 0.25) is 11.8 Å². The molecule has 1 heterocycles. The maximum Gasteiger partial charge on any atom is 0.247 e. The summed E-state index contributed by atoms with van der Waals surface area (Å²) in [5.41, 5.74) is 6.88. The highest BCUT2D eigenvalue weighted by atomic mass is 32.2. The van der Waals surface area contributed by atoms with Crippen molar-refractivity contribution in [2.45, 2.75) is 12.5 Å². The highest BCUT2D eigenvalue weighted by Gasteiger charge is 2.14. The van der Waals surface area contributed by atoms with E-state index in [0.29, 0.717) is 11.8 Å². The van der Waals surface area contributed by atoms with Crippen LogP contribution in [0.2, 0.25) is 0 Å². The van der Waals surface area contributed by atoms with Crippen molar-refractivity contribution >= 4 is 11.8 Å². The van der Waals surface area contributed by atoms with E-state index in [1.165, 1.54) is 0 Å². The van der Waals surface area contributed by atoms with Gasteiger partial charge in [0.1, 0.15) is 0 Å². The maximum absolute atomic E-state index is 5.96. The molecule has 17 heavy (non-hydrogen) atoms. The van der Waals surface area contributed by atoms with Gasteiger partial charge in [0.25, 0.3) is 0 Å². The molecule has 1 aromatic carbocycles. The quantitative estimate of drug-likeness (QED) is 0.882. The number of thioether (sulfide) groups is 1. The normalized spacial score (nSPS) is 12.6. The zero-order valence-corrected chi connectivity index (χ0v) is 10.5. The Balaban J connectivity index is 2.11. The van der Waals surface area contributed by atoms with Crippen LogP contribution >= 0.6 is 11.8 Å². The Hall–Kier alpha value is -1.33. The van der Waals surface area contributed by atoms with Gasteiger partial charge in [0.15, 0.2) is 0 Å². The third kappa shape index (κ3) is 3.08. The molecule has 0 aliphatic heterocycles. The summed E-state index contributed by atoms with van der Waals surface area (Å²) < 4.78 is 5.57. The van der Waals surface area contributed by atoms with Crippen LogP contribution in [0, 0.1) is 0 Å². The number of nitrogens with two attached hydrogens (primary N) is 1. The van der Waals surface area contributed by atoms with E-state index in [1.54, 1.807) is 11.8 Å². The third-order valence-corrected chi connectivity index (χ3v) is 3.06. The van der Waals surface area contributed by atoms with Crippen molar-refractivity contribution in [2.24, 2.45) is 5.73 Å². The molecule has 0 saturated carbocycles. The molecule has 2 rings (SSSR count). The fourth-order valence-electron chi connectivity index (χ4n) is 1.45. The summed E-state index contributed by atoms with van der Waals surface area (Å²) in [6.45, 7) is 0. The summed E-state index contributed by atoms with van der Waals surface area (Å²) in [4.78, 5) is 0. The zero-order chi connectivity index (χ0) is 12.1. The Morgan fingerprint density at radius 1 is 1.29 bits per heavy atom. The first kappa shape index (κ1) is 12.1. The molecule has 0 radical (unpaired) electrons. The van der Waals surface area contributed by atoms with Gasteiger partial charge in [-0.05, 0) is 30.6 Å². The molecular formula is C12H15N3OS. The number of nitrogens with zero attached hydrogens (tertiary/aromatic N) is 2. The number of hydrogen-bond donors (Lipinski definition) is 1. The summed E-state index contributed by atoms with van der Waals surface area (Å²) in [5.74, 6) is 2.03. The first-order valence-corrected chi connectivity index (χ1v) is 6.84. The lowest BCUT2D eigenvalue weighted by atomic mass is 10.2. The van der Waals surface area contributed by atoms with Gasteiger partial charge in [-0.25, -0.2) is 0 Å². The van der Waals surface area contributed by atoms with E-state index in [-0.39, 0.29) is 6.04 Å². The summed E-state index contributed by atoms with van der Waals surface area (Å²) in [6.07, 6.45) is 2.90. The Kier molecular flexibility index (Phi) is 4.17. The largest absolute Gasteiger partial charge is 0.419 e. The molecule has 1 atom stereocenters. The predicted octanol–water partition coefficient (Wildman–Crippen LogP) is 2.49. The molecule has 2 N–H and O–H groups in total. The van der Waals surface area contributed by atoms with Crippen LogP contribution in [0.4, 0.5) is 0 Å². The zero-order valence-electron chi connectivity index (χ0n) is 9.67. The third-order valence-electron chi connectivity index (χ3n) is 2.41. The van der Waals surface area contributed by atoms with Crippen molar-refractivity contribution in [2.75, 3.05) is 12.0 Å². The molecule has 2 aromatic rings. The van der Waals surface area contributed by atoms with Gasteiger partial charge >= 0.3 is 0 Å². The molecule has 0 aliphatic rings. The van der Waals surface area contributed by atoms with Crippen LogP contribution in [0.3, 0.4) is 0 Å². The van der Waals surface area contributed by atoms with Gasteiger partial charge < -0.3 is 10.2 Å². The summed E-state index contributed by atoms with van der Waals surface area (Å²) in [6, 6.07) is 9.52. The highest BCUT2D eigenvalue weighted by Crippen LogP contribution is 2.21. The van der Waals surface area contributed by atoms with Crippen LogP contribution < -0.4 is 5.73 Å². The van der Waals surface area contributed by atoms with Gasteiger partial charge in [-0.1, -0.05) is 18.2 Å². The molecule has 0 saturated heterocycles. The number of aromatic nitrogens is 2. The van der Waals surface area contributed by atoms with E-state index >= 15 is 0 Å². The predicted molar refractivity (Wildman–Crippen MR) is 69.7 cm³/mol. The number of rotatable bonds is 5. The number of benzene rings is 1. The van der Waals surface area contributed by atoms with Crippen LogP contribution in [0.5, 0.6) is 0 Å². The Morgan fingerprint density at radius 3 is 2.76 bits per heavy atom. The van der Waals surface area contributed by atoms with Crippen molar-refractivity contribution < 1.29 is 4.42 Å². The molecule has 90 valence electrons. The van der Waals surface area contributed by atoms with E-state index < -0.39 is 0 Å². The van der Waals surface area contributed by atoms with Gasteiger partial charge in [0, 0.05) is 5.56 Å². The van der Waals surface area contributed by atoms with Crippen LogP contribution in [0.15, 0.2) is 34.7 Å². The maximum atomic E-state index is 5.96.